The number of carbonyl (C=O) groups excluding carboxylic acids is 5. The quantitative estimate of drug-likeness (QED) is 0.223. The van der Waals surface area contributed by atoms with Crippen LogP contribution in [0, 0.1) is 16.7 Å². The Morgan fingerprint density at radius 2 is 1.41 bits per heavy atom. The van der Waals surface area contributed by atoms with Crippen molar-refractivity contribution < 1.29 is 63.3 Å². The SMILES string of the molecule is C.C.CC(C)(C)C(=O)C(=O)O.CC(C)(C)[C@H](N)C(=O)O.O.O=C=O.O=C[O-].[2H]F.[2H]N[C@H](C=O)CC(C)C.[H+].[HH].[NH4+]. The minimum absolute atomic E-state index is 0. The molecule has 0 bridgehead atoms. The predicted octanol–water partition coefficient (Wildman–Crippen LogP) is 0.807. The second-order valence-corrected chi connectivity index (χ2v) is 8.62. The van der Waals surface area contributed by atoms with Crippen molar-refractivity contribution in [3.8, 4) is 0 Å². The maximum Gasteiger partial charge on any atom is 1.00 e. The summed E-state index contributed by atoms with van der Waals surface area (Å²) in [6, 6.07) is -1.05. The maximum absolute atomic E-state index is 10.6. The molecule has 0 radical (unpaired) electrons. The molecule has 0 aliphatic carbocycles. The minimum atomic E-state index is -1.36. The summed E-state index contributed by atoms with van der Waals surface area (Å²) in [5.74, 6) is -2.58. The first-order valence-electron chi connectivity index (χ1n) is 10.1. The van der Waals surface area contributed by atoms with E-state index >= 15 is 0 Å². The summed E-state index contributed by atoms with van der Waals surface area (Å²) in [5, 5.41) is 24.8. The zero-order chi connectivity index (χ0) is 30.0. The molecule has 37 heavy (non-hydrogen) atoms. The minimum Gasteiger partial charge on any atom is -0.554 e. The Morgan fingerprint density at radius 1 is 1.11 bits per heavy atom. The summed E-state index contributed by atoms with van der Waals surface area (Å²) in [4.78, 5) is 65.4. The molecule has 15 heteroatoms. The summed E-state index contributed by atoms with van der Waals surface area (Å²) in [5.41, 5.74) is 6.36. The highest BCUT2D eigenvalue weighted by molar-refractivity contribution is 6.34. The molecule has 0 saturated carbocycles. The number of aldehydes is 1. The van der Waals surface area contributed by atoms with Crippen LogP contribution in [0.15, 0.2) is 0 Å². The molecule has 0 unspecified atom stereocenters. The third kappa shape index (κ3) is 59.9. The number of nitrogens with two attached hydrogens (primary N) is 2. The van der Waals surface area contributed by atoms with E-state index in [9.17, 15) is 19.2 Å². The Hall–Kier alpha value is -3.10. The molecule has 0 spiro atoms. The number of carbonyl (C=O) groups is 5. The van der Waals surface area contributed by atoms with E-state index < -0.39 is 35.7 Å². The molecule has 230 valence electrons. The topological polar surface area (TPSA) is 303 Å². The normalized spacial score (nSPS) is 10.5. The van der Waals surface area contributed by atoms with Crippen molar-refractivity contribution in [1.29, 1.82) is 1.45 Å². The fraction of sp³-hybridized carbons (Fsp3) is 0.727. The average molecular weight is 559 g/mol. The molecule has 0 aliphatic rings. The van der Waals surface area contributed by atoms with Crippen molar-refractivity contribution in [2.75, 3.05) is 0 Å². The van der Waals surface area contributed by atoms with Crippen LogP contribution in [0.5, 0.6) is 0 Å². The fourth-order valence-corrected chi connectivity index (χ4v) is 1.25. The lowest BCUT2D eigenvalue weighted by Crippen LogP contribution is -2.41. The van der Waals surface area contributed by atoms with Crippen molar-refractivity contribution in [2.24, 2.45) is 28.2 Å². The number of hydrogen-bond acceptors (Lipinski definition) is 10. The van der Waals surface area contributed by atoms with Gasteiger partial charge in [-0.05, 0) is 17.8 Å². The van der Waals surface area contributed by atoms with Crippen LogP contribution in [0.25, 0.3) is 0 Å². The van der Waals surface area contributed by atoms with Gasteiger partial charge in [-0.1, -0.05) is 70.2 Å². The second-order valence-electron chi connectivity index (χ2n) is 8.62. The molecule has 14 nitrogen and oxygen atoms in total. The first-order chi connectivity index (χ1) is 15.7. The van der Waals surface area contributed by atoms with Crippen molar-refractivity contribution in [3.63, 3.8) is 0 Å². The molecule has 0 fully saturated rings. The van der Waals surface area contributed by atoms with Gasteiger partial charge < -0.3 is 48.0 Å². The highest BCUT2D eigenvalue weighted by atomic mass is 19.0. The van der Waals surface area contributed by atoms with Crippen molar-refractivity contribution in [2.45, 2.75) is 88.7 Å². The molecule has 0 aromatic heterocycles. The molecular weight excluding hydrogens is 501 g/mol. The van der Waals surface area contributed by atoms with Gasteiger partial charge in [-0.3, -0.25) is 14.3 Å². The first kappa shape index (κ1) is 54.7. The number of Topliss-reactive ketones (excluding diaryl/α,β-unsaturated/α-hetero) is 1. The van der Waals surface area contributed by atoms with E-state index in [0.717, 1.165) is 12.7 Å². The summed E-state index contributed by atoms with van der Waals surface area (Å²) >= 11 is 0. The van der Waals surface area contributed by atoms with Crippen LogP contribution in [-0.4, -0.2) is 65.9 Å². The van der Waals surface area contributed by atoms with Crippen LogP contribution in [0.2, 0.25) is 1.41 Å². The van der Waals surface area contributed by atoms with Crippen LogP contribution in [0.1, 0.15) is 79.5 Å². The third-order valence-corrected chi connectivity index (χ3v) is 2.96. The number of aliphatic carboxylic acids is 2. The van der Waals surface area contributed by atoms with Gasteiger partial charge in [-0.15, -0.1) is 0 Å². The van der Waals surface area contributed by atoms with Crippen molar-refractivity contribution >= 4 is 36.6 Å². The molecule has 12 N–H and O–H groups in total. The Kier molecular flexibility index (Phi) is 51.8. The summed E-state index contributed by atoms with van der Waals surface area (Å²) in [7, 11) is 0. The third-order valence-electron chi connectivity index (χ3n) is 2.96. The lowest BCUT2D eigenvalue weighted by Gasteiger charge is -2.22. The summed E-state index contributed by atoms with van der Waals surface area (Å²) in [6.07, 6.45) is 1.76. The van der Waals surface area contributed by atoms with Crippen LogP contribution in [0.4, 0.5) is 4.72 Å². The Morgan fingerprint density at radius 3 is 1.43 bits per heavy atom. The van der Waals surface area contributed by atoms with E-state index in [1.807, 2.05) is 13.8 Å². The number of hydrogen-bond donors (Lipinski definition) is 5. The number of carboxylic acid groups (broad SMARTS) is 3. The van der Waals surface area contributed by atoms with Crippen LogP contribution in [-0.2, 0) is 33.6 Å². The fourth-order valence-electron chi connectivity index (χ4n) is 1.25. The molecular formula is C22H55FN3O11+. The zero-order valence-corrected chi connectivity index (χ0v) is 21.7. The Balaban J connectivity index is -0.0000000255. The monoisotopic (exact) mass is 558 g/mol. The van der Waals surface area contributed by atoms with E-state index in [1.54, 1.807) is 41.5 Å². The lowest BCUT2D eigenvalue weighted by atomic mass is 9.88. The largest absolute Gasteiger partial charge is 1.00 e. The van der Waals surface area contributed by atoms with Gasteiger partial charge in [-0.2, -0.15) is 9.59 Å². The number of rotatable bonds is 6. The predicted molar refractivity (Wildman–Crippen MR) is 141 cm³/mol. The number of carboxylic acids is 2. The van der Waals surface area contributed by atoms with Crippen molar-refractivity contribution in [3.05, 3.63) is 0 Å². The average Bonchev–Trinajstić information content (AvgIpc) is 2.72. The zero-order valence-electron chi connectivity index (χ0n) is 24.7. The smallest absolute Gasteiger partial charge is 0.554 e. The van der Waals surface area contributed by atoms with Crippen LogP contribution >= 0.6 is 0 Å². The van der Waals surface area contributed by atoms with Crippen molar-refractivity contribution in [1.82, 2.24) is 6.15 Å². The van der Waals surface area contributed by atoms with E-state index in [4.69, 9.17) is 41.6 Å². The van der Waals surface area contributed by atoms with E-state index in [-0.39, 0.29) is 46.9 Å². The van der Waals surface area contributed by atoms with Crippen LogP contribution in [0.3, 0.4) is 0 Å². The summed E-state index contributed by atoms with van der Waals surface area (Å²) < 4.78 is 19.7. The van der Waals surface area contributed by atoms with E-state index in [1.165, 1.54) is 0 Å². The summed E-state index contributed by atoms with van der Waals surface area (Å²) in [6.45, 7) is 13.7. The van der Waals surface area contributed by atoms with E-state index in [0.29, 0.717) is 5.92 Å². The molecule has 0 aromatic rings. The van der Waals surface area contributed by atoms with Crippen LogP contribution < -0.4 is 22.7 Å². The molecule has 0 heterocycles. The second kappa shape index (κ2) is 35.1. The molecule has 0 aromatic carbocycles. The molecule has 0 saturated heterocycles. The van der Waals surface area contributed by atoms with E-state index in [2.05, 4.69) is 7.18 Å². The van der Waals surface area contributed by atoms with Gasteiger partial charge in [-0.25, -0.2) is 4.79 Å². The molecule has 0 aliphatic heterocycles. The number of ketones is 1. The van der Waals surface area contributed by atoms with Gasteiger partial charge in [0.15, 0.2) is 0 Å². The highest BCUT2D eigenvalue weighted by Gasteiger charge is 2.27. The Bertz CT molecular complexity index is 631. The lowest BCUT2D eigenvalue weighted by molar-refractivity contribution is -0.283. The molecule has 0 amide bonds. The standard InChI is InChI=1S/C6H13NO2.C6H13NO.C6H10O3.CH2O2.CO2.2CH4.FH.H3N.H2O.H2/c1-6(2,3)4(7)5(8)9;1-5(2)3-6(7)4-8;1-6(2,3)4(7)5(8)9;2*2-1-3;;;;;;/h4H,7H2,1-3H3,(H,8,9);4-6H,3,7H2,1-2H3;1-3H3,(H,8,9);1H,(H,2,3);;2*1H4;1H;1H3;1H2;1H/p+1/t4-;6-;;;;;;;;;/m10........./s1/i/hD2. The van der Waals surface area contributed by atoms with Gasteiger partial charge in [0.2, 0.25) is 5.78 Å². The van der Waals surface area contributed by atoms with Gasteiger partial charge in [0.25, 0.3) is 1.45 Å². The maximum atomic E-state index is 10.6. The van der Waals surface area contributed by atoms with Gasteiger partial charge in [0, 0.05) is 13.3 Å². The highest BCUT2D eigenvalue weighted by Crippen LogP contribution is 2.16. The number of halogens is 1. The Labute approximate surface area is 225 Å². The molecule has 2 atom stereocenters. The molecule has 0 rings (SSSR count). The van der Waals surface area contributed by atoms with Gasteiger partial charge in [0.05, 0.1) is 6.04 Å². The first-order valence-corrected chi connectivity index (χ1v) is 9.18. The van der Waals surface area contributed by atoms with Gasteiger partial charge in [0.1, 0.15) is 13.7 Å². The number of quaternary nitrogens is 1. The van der Waals surface area contributed by atoms with Gasteiger partial charge >= 0.3 is 19.5 Å².